The summed E-state index contributed by atoms with van der Waals surface area (Å²) in [5.41, 5.74) is 0.349. The minimum Gasteiger partial charge on any atom is -0.458 e. The number of hydrogen-bond donors (Lipinski definition) is 0. The Hall–Kier alpha value is -2.88. The van der Waals surface area contributed by atoms with Crippen LogP contribution in [-0.2, 0) is 9.47 Å². The van der Waals surface area contributed by atoms with Crippen LogP contribution >= 0.6 is 0 Å². The van der Waals surface area contributed by atoms with Crippen molar-refractivity contribution in [3.63, 3.8) is 0 Å². The maximum Gasteiger partial charge on any atom is 0.339 e. The SMILES string of the molecule is C=CC=C.C=CCOC(=O)c1ccccc1C(=O)OCC=C. The summed E-state index contributed by atoms with van der Waals surface area (Å²) >= 11 is 0. The van der Waals surface area contributed by atoms with Crippen molar-refractivity contribution >= 4 is 11.9 Å². The number of carbonyl (C=O) groups excluding carboxylic acids is 2. The summed E-state index contributed by atoms with van der Waals surface area (Å²) in [4.78, 5) is 23.4. The van der Waals surface area contributed by atoms with E-state index >= 15 is 0 Å². The lowest BCUT2D eigenvalue weighted by Gasteiger charge is -2.07. The average Bonchev–Trinajstić information content (AvgIpc) is 2.57. The fourth-order valence-corrected chi connectivity index (χ4v) is 1.26. The van der Waals surface area contributed by atoms with Crippen molar-refractivity contribution in [2.75, 3.05) is 13.2 Å². The van der Waals surface area contributed by atoms with Gasteiger partial charge in [0.25, 0.3) is 0 Å². The van der Waals surface area contributed by atoms with E-state index in [9.17, 15) is 9.59 Å². The van der Waals surface area contributed by atoms with E-state index in [0.29, 0.717) is 0 Å². The zero-order valence-electron chi connectivity index (χ0n) is 12.5. The fraction of sp³-hybridized carbons (Fsp3) is 0.111. The third kappa shape index (κ3) is 7.05. The van der Waals surface area contributed by atoms with Crippen molar-refractivity contribution in [2.24, 2.45) is 0 Å². The Morgan fingerprint density at radius 3 is 1.45 bits per heavy atom. The second-order valence-electron chi connectivity index (χ2n) is 3.79. The van der Waals surface area contributed by atoms with Crippen LogP contribution in [-0.4, -0.2) is 25.2 Å². The van der Waals surface area contributed by atoms with Gasteiger partial charge in [-0.1, -0.05) is 62.8 Å². The van der Waals surface area contributed by atoms with E-state index in [-0.39, 0.29) is 24.3 Å². The summed E-state index contributed by atoms with van der Waals surface area (Å²) in [6.07, 6.45) is 6.19. The number of rotatable bonds is 7. The van der Waals surface area contributed by atoms with Crippen LogP contribution in [0.5, 0.6) is 0 Å². The Morgan fingerprint density at radius 2 is 1.18 bits per heavy atom. The standard InChI is InChI=1S/C14H14O4.C4H6/c1-3-9-17-13(15)11-7-5-6-8-12(11)14(16)18-10-4-2;1-3-4-2/h3-8H,1-2,9-10H2;3-4H,1-2H2. The monoisotopic (exact) mass is 300 g/mol. The van der Waals surface area contributed by atoms with E-state index in [0.717, 1.165) is 0 Å². The zero-order valence-corrected chi connectivity index (χ0v) is 12.5. The first-order chi connectivity index (χ1) is 10.6. The molecule has 0 N–H and O–H groups in total. The van der Waals surface area contributed by atoms with Crippen molar-refractivity contribution in [2.45, 2.75) is 0 Å². The number of hydrogen-bond acceptors (Lipinski definition) is 4. The lowest BCUT2D eigenvalue weighted by atomic mass is 10.1. The second-order valence-corrected chi connectivity index (χ2v) is 3.79. The Kier molecular flexibility index (Phi) is 10.3. The molecule has 0 aliphatic heterocycles. The topological polar surface area (TPSA) is 52.6 Å². The third-order valence-electron chi connectivity index (χ3n) is 2.20. The third-order valence-corrected chi connectivity index (χ3v) is 2.20. The van der Waals surface area contributed by atoms with Gasteiger partial charge in [0.15, 0.2) is 0 Å². The quantitative estimate of drug-likeness (QED) is 0.437. The van der Waals surface area contributed by atoms with Gasteiger partial charge in [0.1, 0.15) is 13.2 Å². The van der Waals surface area contributed by atoms with Gasteiger partial charge >= 0.3 is 11.9 Å². The summed E-state index contributed by atoms with van der Waals surface area (Å²) in [5.74, 6) is -1.16. The molecular formula is C18H20O4. The Bertz CT molecular complexity index is 495. The van der Waals surface area contributed by atoms with Crippen LogP contribution in [0.1, 0.15) is 20.7 Å². The van der Waals surface area contributed by atoms with Crippen LogP contribution in [0.2, 0.25) is 0 Å². The lowest BCUT2D eigenvalue weighted by molar-refractivity contribution is 0.0503. The molecule has 0 bridgehead atoms. The fourth-order valence-electron chi connectivity index (χ4n) is 1.26. The molecule has 1 aromatic rings. The second kappa shape index (κ2) is 11.9. The molecule has 0 saturated carbocycles. The predicted octanol–water partition coefficient (Wildman–Crippen LogP) is 3.73. The molecule has 0 aliphatic rings. The highest BCUT2D eigenvalue weighted by molar-refractivity contribution is 6.03. The minimum atomic E-state index is -0.582. The van der Waals surface area contributed by atoms with E-state index in [1.807, 2.05) is 0 Å². The first-order valence-electron chi connectivity index (χ1n) is 6.50. The highest BCUT2D eigenvalue weighted by atomic mass is 16.5. The molecule has 0 aliphatic carbocycles. The van der Waals surface area contributed by atoms with Gasteiger partial charge < -0.3 is 9.47 Å². The van der Waals surface area contributed by atoms with Gasteiger partial charge in [0.2, 0.25) is 0 Å². The molecule has 116 valence electrons. The minimum absolute atomic E-state index is 0.0921. The van der Waals surface area contributed by atoms with Crippen LogP contribution in [0.4, 0.5) is 0 Å². The van der Waals surface area contributed by atoms with E-state index in [4.69, 9.17) is 9.47 Å². The maximum absolute atomic E-state index is 11.7. The van der Waals surface area contributed by atoms with E-state index < -0.39 is 11.9 Å². The van der Waals surface area contributed by atoms with Crippen LogP contribution in [0.25, 0.3) is 0 Å². The molecule has 0 radical (unpaired) electrons. The summed E-state index contributed by atoms with van der Waals surface area (Å²) in [5, 5.41) is 0. The van der Waals surface area contributed by atoms with Crippen molar-refractivity contribution < 1.29 is 19.1 Å². The van der Waals surface area contributed by atoms with Gasteiger partial charge in [-0.15, -0.1) is 0 Å². The number of benzene rings is 1. The van der Waals surface area contributed by atoms with E-state index in [2.05, 4.69) is 26.3 Å². The summed E-state index contributed by atoms with van der Waals surface area (Å²) in [6.45, 7) is 13.8. The molecule has 0 heterocycles. The molecule has 0 saturated heterocycles. The van der Waals surface area contributed by atoms with Crippen molar-refractivity contribution in [3.05, 3.63) is 86.0 Å². The number of esters is 2. The molecule has 1 aromatic carbocycles. The normalized spacial score (nSPS) is 8.55. The number of carbonyl (C=O) groups is 2. The lowest BCUT2D eigenvalue weighted by Crippen LogP contribution is -2.14. The maximum atomic E-state index is 11.7. The smallest absolute Gasteiger partial charge is 0.339 e. The van der Waals surface area contributed by atoms with Crippen LogP contribution in [0.3, 0.4) is 0 Å². The largest absolute Gasteiger partial charge is 0.458 e. The van der Waals surface area contributed by atoms with Gasteiger partial charge in [-0.2, -0.15) is 0 Å². The molecule has 4 heteroatoms. The van der Waals surface area contributed by atoms with Crippen molar-refractivity contribution in [1.29, 1.82) is 0 Å². The van der Waals surface area contributed by atoms with Crippen molar-refractivity contribution in [3.8, 4) is 0 Å². The Morgan fingerprint density at radius 1 is 0.818 bits per heavy atom. The highest BCUT2D eigenvalue weighted by Crippen LogP contribution is 2.12. The molecule has 0 amide bonds. The summed E-state index contributed by atoms with van der Waals surface area (Å²) in [7, 11) is 0. The predicted molar refractivity (Wildman–Crippen MR) is 87.8 cm³/mol. The molecule has 0 fully saturated rings. The zero-order chi connectivity index (χ0) is 16.8. The number of allylic oxidation sites excluding steroid dienone is 2. The highest BCUT2D eigenvalue weighted by Gasteiger charge is 2.18. The van der Waals surface area contributed by atoms with Crippen LogP contribution < -0.4 is 0 Å². The van der Waals surface area contributed by atoms with E-state index in [1.165, 1.54) is 24.3 Å². The van der Waals surface area contributed by atoms with E-state index in [1.54, 1.807) is 24.3 Å². The average molecular weight is 300 g/mol. The molecule has 1 rings (SSSR count). The van der Waals surface area contributed by atoms with Crippen LogP contribution in [0.15, 0.2) is 74.9 Å². The summed E-state index contributed by atoms with van der Waals surface area (Å²) in [6, 6.07) is 6.31. The van der Waals surface area contributed by atoms with Gasteiger partial charge in [0, 0.05) is 0 Å². The Labute approximate surface area is 131 Å². The number of ether oxygens (including phenoxy) is 2. The Balaban J connectivity index is 0.000000980. The van der Waals surface area contributed by atoms with Crippen molar-refractivity contribution in [1.82, 2.24) is 0 Å². The molecular weight excluding hydrogens is 280 g/mol. The molecule has 22 heavy (non-hydrogen) atoms. The van der Waals surface area contributed by atoms with Gasteiger partial charge in [-0.05, 0) is 12.1 Å². The molecule has 0 atom stereocenters. The van der Waals surface area contributed by atoms with Crippen LogP contribution in [0, 0.1) is 0 Å². The molecule has 4 nitrogen and oxygen atoms in total. The van der Waals surface area contributed by atoms with Gasteiger partial charge in [-0.3, -0.25) is 0 Å². The van der Waals surface area contributed by atoms with Gasteiger partial charge in [0.05, 0.1) is 11.1 Å². The molecule has 0 unspecified atom stereocenters. The first-order valence-corrected chi connectivity index (χ1v) is 6.50. The molecule has 0 spiro atoms. The van der Waals surface area contributed by atoms with Gasteiger partial charge in [-0.25, -0.2) is 9.59 Å². The molecule has 0 aromatic heterocycles. The summed E-state index contributed by atoms with van der Waals surface area (Å²) < 4.78 is 9.78. The first kappa shape index (κ1) is 19.1.